The van der Waals surface area contributed by atoms with Crippen LogP contribution in [0.3, 0.4) is 0 Å². The highest BCUT2D eigenvalue weighted by Crippen LogP contribution is 2.28. The second kappa shape index (κ2) is 3.56. The predicted octanol–water partition coefficient (Wildman–Crippen LogP) is 1.04. The third kappa shape index (κ3) is 1.40. The summed E-state index contributed by atoms with van der Waals surface area (Å²) in [6, 6.07) is 2.16. The molecule has 0 aliphatic carbocycles. The van der Waals surface area contributed by atoms with E-state index in [1.807, 2.05) is 0 Å². The molecule has 1 aliphatic rings. The quantitative estimate of drug-likeness (QED) is 0.718. The van der Waals surface area contributed by atoms with Gasteiger partial charge in [0, 0.05) is 31.5 Å². The number of nitrogens with one attached hydrogen (secondary N) is 1. The van der Waals surface area contributed by atoms with Gasteiger partial charge in [0.15, 0.2) is 0 Å². The molecule has 0 saturated carbocycles. The van der Waals surface area contributed by atoms with Crippen molar-refractivity contribution in [3.05, 3.63) is 22.4 Å². The van der Waals surface area contributed by atoms with E-state index < -0.39 is 0 Å². The third-order valence-corrected chi connectivity index (χ3v) is 3.25. The van der Waals surface area contributed by atoms with E-state index in [0.29, 0.717) is 18.4 Å². The van der Waals surface area contributed by atoms with Crippen molar-refractivity contribution in [3.8, 4) is 0 Å². The molecular formula is C9H13NOS. The number of hydrogen-bond acceptors (Lipinski definition) is 3. The fraction of sp³-hybridized carbons (Fsp3) is 0.556. The highest BCUT2D eigenvalue weighted by Gasteiger charge is 2.27. The monoisotopic (exact) mass is 183 g/mol. The molecule has 2 N–H and O–H groups in total. The van der Waals surface area contributed by atoms with Crippen LogP contribution in [0.4, 0.5) is 0 Å². The van der Waals surface area contributed by atoms with Crippen LogP contribution in [-0.2, 0) is 0 Å². The molecule has 12 heavy (non-hydrogen) atoms. The van der Waals surface area contributed by atoms with Crippen LogP contribution in [0.25, 0.3) is 0 Å². The smallest absolute Gasteiger partial charge is 0.0477 e. The minimum Gasteiger partial charge on any atom is -0.396 e. The number of thiophene rings is 1. The Morgan fingerprint density at radius 2 is 2.50 bits per heavy atom. The molecule has 1 aromatic heterocycles. The molecule has 0 bridgehead atoms. The summed E-state index contributed by atoms with van der Waals surface area (Å²) in [6.07, 6.45) is 0. The molecule has 1 aromatic rings. The summed E-state index contributed by atoms with van der Waals surface area (Å²) in [5.41, 5.74) is 1.38. The normalized spacial score (nSPS) is 29.4. The minimum atomic E-state index is 0.299. The molecule has 1 aliphatic heterocycles. The largest absolute Gasteiger partial charge is 0.396 e. The van der Waals surface area contributed by atoms with Gasteiger partial charge in [-0.1, -0.05) is 0 Å². The molecular weight excluding hydrogens is 170 g/mol. The van der Waals surface area contributed by atoms with E-state index in [4.69, 9.17) is 5.11 Å². The lowest BCUT2D eigenvalue weighted by atomic mass is 9.92. The summed E-state index contributed by atoms with van der Waals surface area (Å²) in [7, 11) is 0. The summed E-state index contributed by atoms with van der Waals surface area (Å²) < 4.78 is 0. The lowest BCUT2D eigenvalue weighted by Crippen LogP contribution is -2.14. The van der Waals surface area contributed by atoms with Crippen LogP contribution in [-0.4, -0.2) is 24.8 Å². The van der Waals surface area contributed by atoms with Gasteiger partial charge in [0.05, 0.1) is 0 Å². The average Bonchev–Trinajstić information content (AvgIpc) is 2.74. The van der Waals surface area contributed by atoms with E-state index in [-0.39, 0.29) is 0 Å². The van der Waals surface area contributed by atoms with Crippen molar-refractivity contribution in [2.24, 2.45) is 5.92 Å². The predicted molar refractivity (Wildman–Crippen MR) is 50.5 cm³/mol. The lowest BCUT2D eigenvalue weighted by molar-refractivity contribution is 0.226. The fourth-order valence-electron chi connectivity index (χ4n) is 1.80. The summed E-state index contributed by atoms with van der Waals surface area (Å²) >= 11 is 1.73. The maximum Gasteiger partial charge on any atom is 0.0477 e. The van der Waals surface area contributed by atoms with Gasteiger partial charge in [-0.05, 0) is 22.4 Å². The maximum absolute atomic E-state index is 9.10. The van der Waals surface area contributed by atoms with Gasteiger partial charge in [-0.2, -0.15) is 11.3 Å². The molecule has 66 valence electrons. The molecule has 0 amide bonds. The Bertz CT molecular complexity index is 235. The molecule has 2 heterocycles. The zero-order valence-electron chi connectivity index (χ0n) is 6.86. The van der Waals surface area contributed by atoms with E-state index in [9.17, 15) is 0 Å². The first-order chi connectivity index (χ1) is 5.92. The van der Waals surface area contributed by atoms with Gasteiger partial charge in [-0.3, -0.25) is 0 Å². The van der Waals surface area contributed by atoms with Crippen LogP contribution in [0.5, 0.6) is 0 Å². The molecule has 1 fully saturated rings. The van der Waals surface area contributed by atoms with Gasteiger partial charge in [-0.25, -0.2) is 0 Å². The van der Waals surface area contributed by atoms with Gasteiger partial charge in [0.25, 0.3) is 0 Å². The Labute approximate surface area is 76.2 Å². The van der Waals surface area contributed by atoms with Crippen molar-refractivity contribution in [2.75, 3.05) is 19.7 Å². The van der Waals surface area contributed by atoms with Crippen LogP contribution in [0, 0.1) is 5.92 Å². The second-order valence-corrected chi connectivity index (χ2v) is 4.04. The average molecular weight is 183 g/mol. The summed E-state index contributed by atoms with van der Waals surface area (Å²) in [5, 5.41) is 16.7. The Morgan fingerprint density at radius 1 is 1.58 bits per heavy atom. The van der Waals surface area contributed by atoms with E-state index >= 15 is 0 Å². The van der Waals surface area contributed by atoms with Crippen LogP contribution in [0.2, 0.25) is 0 Å². The lowest BCUT2D eigenvalue weighted by Gasteiger charge is -2.13. The number of hydrogen-bond donors (Lipinski definition) is 2. The second-order valence-electron chi connectivity index (χ2n) is 3.26. The van der Waals surface area contributed by atoms with Gasteiger partial charge < -0.3 is 10.4 Å². The summed E-state index contributed by atoms with van der Waals surface area (Å²) in [4.78, 5) is 0. The Morgan fingerprint density at radius 3 is 3.17 bits per heavy atom. The van der Waals surface area contributed by atoms with Gasteiger partial charge in [0.1, 0.15) is 0 Å². The van der Waals surface area contributed by atoms with Crippen LogP contribution < -0.4 is 5.32 Å². The van der Waals surface area contributed by atoms with Crippen LogP contribution >= 0.6 is 11.3 Å². The third-order valence-electron chi connectivity index (χ3n) is 2.55. The van der Waals surface area contributed by atoms with Crippen molar-refractivity contribution in [1.82, 2.24) is 5.32 Å². The highest BCUT2D eigenvalue weighted by molar-refractivity contribution is 7.07. The van der Waals surface area contributed by atoms with E-state index in [2.05, 4.69) is 22.1 Å². The van der Waals surface area contributed by atoms with E-state index in [1.165, 1.54) is 5.56 Å². The van der Waals surface area contributed by atoms with E-state index in [0.717, 1.165) is 13.1 Å². The molecule has 2 nitrogen and oxygen atoms in total. The molecule has 0 aromatic carbocycles. The molecule has 0 radical (unpaired) electrons. The zero-order chi connectivity index (χ0) is 8.39. The first-order valence-corrected chi connectivity index (χ1v) is 5.19. The summed E-state index contributed by atoms with van der Waals surface area (Å²) in [5.74, 6) is 0.945. The zero-order valence-corrected chi connectivity index (χ0v) is 7.68. The highest BCUT2D eigenvalue weighted by atomic mass is 32.1. The van der Waals surface area contributed by atoms with Gasteiger partial charge in [-0.15, -0.1) is 0 Å². The molecule has 0 spiro atoms. The molecule has 1 saturated heterocycles. The topological polar surface area (TPSA) is 32.3 Å². The van der Waals surface area contributed by atoms with Crippen LogP contribution in [0.1, 0.15) is 11.5 Å². The Kier molecular flexibility index (Phi) is 2.44. The van der Waals surface area contributed by atoms with Crippen molar-refractivity contribution in [2.45, 2.75) is 5.92 Å². The number of rotatable bonds is 2. The van der Waals surface area contributed by atoms with Gasteiger partial charge >= 0.3 is 0 Å². The van der Waals surface area contributed by atoms with Crippen molar-refractivity contribution < 1.29 is 5.11 Å². The molecule has 2 atom stereocenters. The Hall–Kier alpha value is -0.380. The Balaban J connectivity index is 2.13. The van der Waals surface area contributed by atoms with Crippen molar-refractivity contribution >= 4 is 11.3 Å². The summed E-state index contributed by atoms with van der Waals surface area (Å²) in [6.45, 7) is 2.27. The molecule has 2 rings (SSSR count). The van der Waals surface area contributed by atoms with Crippen LogP contribution in [0.15, 0.2) is 16.8 Å². The standard InChI is InChI=1S/C9H13NOS/c11-5-8-3-10-4-9(8)7-1-2-12-6-7/h1-2,6,8-11H,3-5H2/t8-,9-/m0/s1. The minimum absolute atomic E-state index is 0.299. The molecule has 3 heteroatoms. The maximum atomic E-state index is 9.10. The first kappa shape index (κ1) is 8.23. The number of aliphatic hydroxyl groups excluding tert-OH is 1. The van der Waals surface area contributed by atoms with Gasteiger partial charge in [0.2, 0.25) is 0 Å². The van der Waals surface area contributed by atoms with Crippen molar-refractivity contribution in [1.29, 1.82) is 0 Å². The molecule has 0 unspecified atom stereocenters. The van der Waals surface area contributed by atoms with Crippen molar-refractivity contribution in [3.63, 3.8) is 0 Å². The first-order valence-electron chi connectivity index (χ1n) is 4.25. The number of aliphatic hydroxyl groups is 1. The fourth-order valence-corrected chi connectivity index (χ4v) is 2.53. The van der Waals surface area contributed by atoms with E-state index in [1.54, 1.807) is 11.3 Å². The SMILES string of the molecule is OC[C@@H]1CNC[C@H]1c1ccsc1.